The molecule has 2 fully saturated rings. The first-order valence-corrected chi connectivity index (χ1v) is 8.54. The van der Waals surface area contributed by atoms with Gasteiger partial charge in [0.05, 0.1) is 13.2 Å². The number of rotatable bonds is 7. The normalized spacial score (nSPS) is 24.2. The van der Waals surface area contributed by atoms with Gasteiger partial charge in [0, 0.05) is 31.6 Å². The summed E-state index contributed by atoms with van der Waals surface area (Å²) in [6, 6.07) is 0.946. The van der Waals surface area contributed by atoms with Crippen molar-refractivity contribution in [3.8, 4) is 0 Å². The zero-order valence-corrected chi connectivity index (χ0v) is 13.4. The maximum atomic E-state index is 11.8. The average Bonchev–Trinajstić information content (AvgIpc) is 2.53. The van der Waals surface area contributed by atoms with E-state index in [0.717, 1.165) is 38.7 Å². The van der Waals surface area contributed by atoms with Crippen molar-refractivity contribution in [2.45, 2.75) is 57.0 Å². The van der Waals surface area contributed by atoms with Crippen molar-refractivity contribution in [3.63, 3.8) is 0 Å². The van der Waals surface area contributed by atoms with E-state index in [1.165, 1.54) is 32.1 Å². The van der Waals surface area contributed by atoms with Crippen LogP contribution in [-0.2, 0) is 9.53 Å². The molecule has 1 atom stereocenters. The van der Waals surface area contributed by atoms with E-state index in [1.807, 2.05) is 0 Å². The van der Waals surface area contributed by atoms with Crippen LogP contribution in [0.2, 0.25) is 0 Å². The van der Waals surface area contributed by atoms with Crippen molar-refractivity contribution in [1.29, 1.82) is 0 Å². The smallest absolute Gasteiger partial charge is 0.221 e. The fourth-order valence-electron chi connectivity index (χ4n) is 3.31. The highest BCUT2D eigenvalue weighted by Gasteiger charge is 2.18. The van der Waals surface area contributed by atoms with Gasteiger partial charge >= 0.3 is 0 Å². The van der Waals surface area contributed by atoms with Crippen molar-refractivity contribution < 1.29 is 9.53 Å². The molecule has 1 aliphatic heterocycles. The molecular weight excluding hydrogens is 266 g/mol. The number of carbonyl (C=O) groups excluding carboxylic acids is 1. The first-order valence-electron chi connectivity index (χ1n) is 8.54. The number of nitrogens with zero attached hydrogens (tertiary/aromatic N) is 1. The number of ether oxygens (including phenoxy) is 1. The molecule has 1 heterocycles. The van der Waals surface area contributed by atoms with Gasteiger partial charge in [-0.3, -0.25) is 4.79 Å². The molecule has 0 radical (unpaired) electrons. The van der Waals surface area contributed by atoms with Crippen LogP contribution in [-0.4, -0.2) is 62.8 Å². The third-order valence-corrected chi connectivity index (χ3v) is 4.64. The van der Waals surface area contributed by atoms with E-state index in [0.29, 0.717) is 13.0 Å². The van der Waals surface area contributed by atoms with Crippen molar-refractivity contribution in [2.75, 3.05) is 39.9 Å². The Morgan fingerprint density at radius 1 is 1.33 bits per heavy atom. The second-order valence-electron chi connectivity index (χ2n) is 6.41. The van der Waals surface area contributed by atoms with Gasteiger partial charge in [-0.15, -0.1) is 0 Å². The second kappa shape index (κ2) is 9.38. The molecule has 5 heteroatoms. The number of morpholine rings is 1. The predicted molar refractivity (Wildman–Crippen MR) is 84.4 cm³/mol. The summed E-state index contributed by atoms with van der Waals surface area (Å²) >= 11 is 0. The molecule has 1 unspecified atom stereocenters. The fraction of sp³-hybridized carbons (Fsp3) is 0.938. The average molecular weight is 297 g/mol. The van der Waals surface area contributed by atoms with Gasteiger partial charge in [0.1, 0.15) is 0 Å². The Balaban J connectivity index is 1.51. The zero-order valence-electron chi connectivity index (χ0n) is 13.4. The van der Waals surface area contributed by atoms with Gasteiger partial charge in [0.15, 0.2) is 0 Å². The highest BCUT2D eigenvalue weighted by atomic mass is 16.5. The lowest BCUT2D eigenvalue weighted by atomic mass is 9.94. The molecule has 1 saturated heterocycles. The zero-order chi connectivity index (χ0) is 14.9. The van der Waals surface area contributed by atoms with Crippen LogP contribution in [0.3, 0.4) is 0 Å². The van der Waals surface area contributed by atoms with E-state index in [4.69, 9.17) is 4.74 Å². The summed E-state index contributed by atoms with van der Waals surface area (Å²) < 4.78 is 5.36. The maximum Gasteiger partial charge on any atom is 0.221 e. The fourth-order valence-corrected chi connectivity index (χ4v) is 3.31. The van der Waals surface area contributed by atoms with E-state index in [9.17, 15) is 4.79 Å². The molecule has 21 heavy (non-hydrogen) atoms. The van der Waals surface area contributed by atoms with Gasteiger partial charge in [-0.05, 0) is 32.9 Å². The summed E-state index contributed by atoms with van der Waals surface area (Å²) in [6.07, 6.45) is 8.40. The Bertz CT molecular complexity index is 300. The molecule has 1 saturated carbocycles. The standard InChI is InChI=1S/C16H31N3O2/c1-19(15-6-3-2-4-7-15)10-5-8-18-16(20)12-14-13-21-11-9-17-14/h14-15,17H,2-13H2,1H3,(H,18,20). The summed E-state index contributed by atoms with van der Waals surface area (Å²) in [4.78, 5) is 14.3. The van der Waals surface area contributed by atoms with Crippen LogP contribution in [0.4, 0.5) is 0 Å². The molecule has 0 bridgehead atoms. The van der Waals surface area contributed by atoms with E-state index < -0.39 is 0 Å². The minimum Gasteiger partial charge on any atom is -0.378 e. The van der Waals surface area contributed by atoms with Crippen molar-refractivity contribution in [3.05, 3.63) is 0 Å². The maximum absolute atomic E-state index is 11.8. The Morgan fingerprint density at radius 2 is 2.14 bits per heavy atom. The molecule has 5 nitrogen and oxygen atoms in total. The van der Waals surface area contributed by atoms with Crippen LogP contribution in [0.25, 0.3) is 0 Å². The van der Waals surface area contributed by atoms with Crippen LogP contribution in [0.15, 0.2) is 0 Å². The third-order valence-electron chi connectivity index (χ3n) is 4.64. The Labute approximate surface area is 128 Å². The minimum absolute atomic E-state index is 0.137. The SMILES string of the molecule is CN(CCCNC(=O)CC1COCCN1)C1CCCCC1. The second-order valence-corrected chi connectivity index (χ2v) is 6.41. The lowest BCUT2D eigenvalue weighted by molar-refractivity contribution is -0.122. The first-order chi connectivity index (χ1) is 10.3. The van der Waals surface area contributed by atoms with Gasteiger partial charge < -0.3 is 20.3 Å². The molecule has 1 aliphatic carbocycles. The quantitative estimate of drug-likeness (QED) is 0.692. The molecule has 122 valence electrons. The summed E-state index contributed by atoms with van der Waals surface area (Å²) in [5.41, 5.74) is 0. The molecule has 0 aromatic heterocycles. The van der Waals surface area contributed by atoms with Crippen LogP contribution in [0.5, 0.6) is 0 Å². The highest BCUT2D eigenvalue weighted by Crippen LogP contribution is 2.21. The third kappa shape index (κ3) is 6.32. The number of amides is 1. The van der Waals surface area contributed by atoms with E-state index in [2.05, 4.69) is 22.6 Å². The van der Waals surface area contributed by atoms with Gasteiger partial charge in [-0.1, -0.05) is 19.3 Å². The van der Waals surface area contributed by atoms with Crippen LogP contribution < -0.4 is 10.6 Å². The lowest BCUT2D eigenvalue weighted by Crippen LogP contribution is -2.44. The minimum atomic E-state index is 0.137. The number of nitrogens with one attached hydrogen (secondary N) is 2. The first kappa shape index (κ1) is 16.7. The van der Waals surface area contributed by atoms with Crippen molar-refractivity contribution in [2.24, 2.45) is 0 Å². The van der Waals surface area contributed by atoms with Crippen LogP contribution in [0, 0.1) is 0 Å². The van der Waals surface area contributed by atoms with Gasteiger partial charge in [-0.2, -0.15) is 0 Å². The largest absolute Gasteiger partial charge is 0.378 e. The summed E-state index contributed by atoms with van der Waals surface area (Å²) in [7, 11) is 2.22. The number of carbonyl (C=O) groups is 1. The van der Waals surface area contributed by atoms with Gasteiger partial charge in [-0.25, -0.2) is 0 Å². The molecule has 2 rings (SSSR count). The summed E-state index contributed by atoms with van der Waals surface area (Å²) in [6.45, 7) is 4.12. The highest BCUT2D eigenvalue weighted by molar-refractivity contribution is 5.76. The molecule has 1 amide bonds. The number of hydrogen-bond donors (Lipinski definition) is 2. The van der Waals surface area contributed by atoms with E-state index >= 15 is 0 Å². The van der Waals surface area contributed by atoms with Gasteiger partial charge in [0.2, 0.25) is 5.91 Å². The Kier molecular flexibility index (Phi) is 7.47. The van der Waals surface area contributed by atoms with Gasteiger partial charge in [0.25, 0.3) is 0 Å². The molecule has 2 aliphatic rings. The molecule has 0 aromatic carbocycles. The lowest BCUT2D eigenvalue weighted by Gasteiger charge is -2.31. The van der Waals surface area contributed by atoms with Crippen molar-refractivity contribution >= 4 is 5.91 Å². The van der Waals surface area contributed by atoms with Crippen LogP contribution >= 0.6 is 0 Å². The molecule has 2 N–H and O–H groups in total. The Morgan fingerprint density at radius 3 is 2.86 bits per heavy atom. The molecule has 0 aromatic rings. The molecule has 0 spiro atoms. The summed E-state index contributed by atoms with van der Waals surface area (Å²) in [5.74, 6) is 0.137. The Hall–Kier alpha value is -0.650. The van der Waals surface area contributed by atoms with Crippen molar-refractivity contribution in [1.82, 2.24) is 15.5 Å². The van der Waals surface area contributed by atoms with E-state index in [1.54, 1.807) is 0 Å². The van der Waals surface area contributed by atoms with Crippen LogP contribution in [0.1, 0.15) is 44.9 Å². The van der Waals surface area contributed by atoms with E-state index in [-0.39, 0.29) is 11.9 Å². The monoisotopic (exact) mass is 297 g/mol. The molecular formula is C16H31N3O2. The number of hydrogen-bond acceptors (Lipinski definition) is 4. The summed E-state index contributed by atoms with van der Waals surface area (Å²) in [5, 5.41) is 6.33. The topological polar surface area (TPSA) is 53.6 Å². The predicted octanol–water partition coefficient (Wildman–Crippen LogP) is 1.14.